The minimum absolute atomic E-state index is 0.126. The number of nitrogens with one attached hydrogen (secondary N) is 1. The molecule has 0 unspecified atom stereocenters. The van der Waals surface area contributed by atoms with Crippen molar-refractivity contribution in [2.75, 3.05) is 32.1 Å². The number of benzene rings is 1. The van der Waals surface area contributed by atoms with Gasteiger partial charge in [0.1, 0.15) is 11.6 Å². The number of oxime groups is 1. The molecule has 6 heteroatoms. The number of ether oxygens (including phenoxy) is 1. The van der Waals surface area contributed by atoms with Crippen molar-refractivity contribution in [3.63, 3.8) is 0 Å². The van der Waals surface area contributed by atoms with Gasteiger partial charge in [0.2, 0.25) is 0 Å². The zero-order valence-electron chi connectivity index (χ0n) is 14.4. The van der Waals surface area contributed by atoms with Crippen LogP contribution in [0, 0.1) is 5.92 Å². The molecular weight excluding hydrogens is 316 g/mol. The molecule has 4 aliphatic heterocycles. The van der Waals surface area contributed by atoms with E-state index in [0.717, 1.165) is 41.1 Å². The van der Waals surface area contributed by atoms with Crippen molar-refractivity contribution >= 4 is 22.4 Å². The van der Waals surface area contributed by atoms with Crippen LogP contribution >= 0.6 is 0 Å². The van der Waals surface area contributed by atoms with E-state index in [1.807, 2.05) is 30.5 Å². The largest absolute Gasteiger partial charge is 0.497 e. The molecule has 1 aromatic heterocycles. The zero-order valence-corrected chi connectivity index (χ0v) is 14.4. The Morgan fingerprint density at radius 1 is 1.24 bits per heavy atom. The number of anilines is 1. The summed E-state index contributed by atoms with van der Waals surface area (Å²) in [6.45, 7) is 3.40. The highest BCUT2D eigenvalue weighted by Crippen LogP contribution is 2.43. The molecule has 0 amide bonds. The fourth-order valence-electron chi connectivity index (χ4n) is 4.45. The molecule has 1 spiro atoms. The fraction of sp³-hybridized carbons (Fsp3) is 0.474. The quantitative estimate of drug-likeness (QED) is 0.912. The maximum absolute atomic E-state index is 5.96. The van der Waals surface area contributed by atoms with Crippen molar-refractivity contribution in [2.45, 2.75) is 24.9 Å². The first-order valence-corrected chi connectivity index (χ1v) is 8.92. The molecule has 1 N–H and O–H groups in total. The molecule has 2 aromatic rings. The van der Waals surface area contributed by atoms with Crippen LogP contribution in [-0.2, 0) is 4.84 Å². The number of hydrogen-bond acceptors (Lipinski definition) is 6. The first-order chi connectivity index (χ1) is 12.2. The van der Waals surface area contributed by atoms with Crippen molar-refractivity contribution in [1.29, 1.82) is 0 Å². The van der Waals surface area contributed by atoms with Gasteiger partial charge < -0.3 is 14.9 Å². The van der Waals surface area contributed by atoms with E-state index in [1.54, 1.807) is 7.11 Å². The first kappa shape index (κ1) is 15.0. The van der Waals surface area contributed by atoms with Gasteiger partial charge in [0.25, 0.3) is 0 Å². The standard InChI is InChI=1S/C19H22N4O2/c1-24-16-3-2-13-11-20-17(9-14(13)8-16)21-18-10-19(25-22-18)12-23-6-4-15(19)5-7-23/h2-3,8-9,11,15H,4-7,10,12H2,1H3,(H,20,21,22)/t19-/m0/s1. The van der Waals surface area contributed by atoms with E-state index in [1.165, 1.54) is 25.9 Å². The summed E-state index contributed by atoms with van der Waals surface area (Å²) in [5.74, 6) is 3.14. The molecule has 3 fully saturated rings. The Labute approximate surface area is 146 Å². The number of aromatic nitrogens is 1. The predicted octanol–water partition coefficient (Wildman–Crippen LogP) is 2.85. The third-order valence-electron chi connectivity index (χ3n) is 5.83. The van der Waals surface area contributed by atoms with Crippen LogP contribution < -0.4 is 10.1 Å². The van der Waals surface area contributed by atoms with Crippen LogP contribution in [0.15, 0.2) is 35.6 Å². The lowest BCUT2D eigenvalue weighted by Crippen LogP contribution is -2.59. The van der Waals surface area contributed by atoms with Crippen LogP contribution in [-0.4, -0.2) is 48.1 Å². The van der Waals surface area contributed by atoms with Gasteiger partial charge in [-0.3, -0.25) is 4.90 Å². The minimum Gasteiger partial charge on any atom is -0.497 e. The Morgan fingerprint density at radius 3 is 2.88 bits per heavy atom. The van der Waals surface area contributed by atoms with Crippen LogP contribution in [0.25, 0.3) is 10.8 Å². The molecule has 5 heterocycles. The maximum Gasteiger partial charge on any atom is 0.160 e. The van der Waals surface area contributed by atoms with E-state index in [0.29, 0.717) is 5.92 Å². The third-order valence-corrected chi connectivity index (χ3v) is 5.83. The molecule has 6 rings (SSSR count). The van der Waals surface area contributed by atoms with Gasteiger partial charge in [0.05, 0.1) is 13.5 Å². The Hall–Kier alpha value is -2.34. The Kier molecular flexibility index (Phi) is 3.35. The van der Waals surface area contributed by atoms with Crippen molar-refractivity contribution in [2.24, 2.45) is 11.1 Å². The van der Waals surface area contributed by atoms with E-state index in [9.17, 15) is 0 Å². The lowest BCUT2D eigenvalue weighted by Gasteiger charge is -2.49. The average Bonchev–Trinajstić information content (AvgIpc) is 3.04. The zero-order chi connectivity index (χ0) is 16.9. The van der Waals surface area contributed by atoms with Gasteiger partial charge in [-0.25, -0.2) is 4.98 Å². The van der Waals surface area contributed by atoms with Crippen LogP contribution in [0.5, 0.6) is 5.75 Å². The minimum atomic E-state index is -0.126. The Bertz CT molecular complexity index is 844. The first-order valence-electron chi connectivity index (χ1n) is 8.92. The lowest BCUT2D eigenvalue weighted by molar-refractivity contribution is -0.136. The molecule has 2 bridgehead atoms. The molecule has 0 radical (unpaired) electrons. The molecular formula is C19H22N4O2. The van der Waals surface area contributed by atoms with Crippen LogP contribution in [0.1, 0.15) is 19.3 Å². The summed E-state index contributed by atoms with van der Waals surface area (Å²) < 4.78 is 5.31. The second-order valence-corrected chi connectivity index (χ2v) is 7.33. The third kappa shape index (κ3) is 2.52. The second-order valence-electron chi connectivity index (χ2n) is 7.33. The number of rotatable bonds is 2. The van der Waals surface area contributed by atoms with Gasteiger partial charge in [-0.2, -0.15) is 0 Å². The van der Waals surface area contributed by atoms with Gasteiger partial charge in [-0.15, -0.1) is 0 Å². The van der Waals surface area contributed by atoms with Gasteiger partial charge >= 0.3 is 0 Å². The van der Waals surface area contributed by atoms with Crippen molar-refractivity contribution < 1.29 is 9.57 Å². The normalized spacial score (nSPS) is 30.4. The van der Waals surface area contributed by atoms with Crippen LogP contribution in [0.4, 0.5) is 5.82 Å². The van der Waals surface area contributed by atoms with Crippen molar-refractivity contribution in [3.8, 4) is 5.75 Å². The number of nitrogens with zero attached hydrogens (tertiary/aromatic N) is 3. The van der Waals surface area contributed by atoms with Crippen LogP contribution in [0.3, 0.4) is 0 Å². The second kappa shape index (κ2) is 5.59. The molecule has 130 valence electrons. The molecule has 1 atom stereocenters. The molecule has 25 heavy (non-hydrogen) atoms. The molecule has 3 saturated heterocycles. The summed E-state index contributed by atoms with van der Waals surface area (Å²) in [6.07, 6.45) is 5.15. The molecule has 6 nitrogen and oxygen atoms in total. The maximum atomic E-state index is 5.96. The van der Waals surface area contributed by atoms with E-state index < -0.39 is 0 Å². The van der Waals surface area contributed by atoms with Gasteiger partial charge in [0, 0.05) is 24.0 Å². The van der Waals surface area contributed by atoms with Crippen LogP contribution in [0.2, 0.25) is 0 Å². The van der Waals surface area contributed by atoms with Gasteiger partial charge in [0.15, 0.2) is 11.4 Å². The number of fused-ring (bicyclic) bond motifs is 3. The van der Waals surface area contributed by atoms with Gasteiger partial charge in [-0.1, -0.05) is 5.16 Å². The Balaban J connectivity index is 1.35. The predicted molar refractivity (Wildman–Crippen MR) is 96.9 cm³/mol. The Morgan fingerprint density at radius 2 is 2.12 bits per heavy atom. The summed E-state index contributed by atoms with van der Waals surface area (Å²) in [4.78, 5) is 13.0. The molecule has 4 aliphatic rings. The SMILES string of the molecule is COc1ccc2cnc(NC3=NO[C@@]4(C3)CN3CCC4CC3)cc2c1. The number of amidine groups is 1. The highest BCUT2D eigenvalue weighted by Gasteiger charge is 2.52. The number of methoxy groups -OCH3 is 1. The highest BCUT2D eigenvalue weighted by atomic mass is 16.7. The fourth-order valence-corrected chi connectivity index (χ4v) is 4.45. The van der Waals surface area contributed by atoms with Crippen molar-refractivity contribution in [1.82, 2.24) is 9.88 Å². The monoisotopic (exact) mass is 338 g/mol. The molecule has 0 saturated carbocycles. The summed E-state index contributed by atoms with van der Waals surface area (Å²) in [7, 11) is 1.68. The summed E-state index contributed by atoms with van der Waals surface area (Å²) >= 11 is 0. The molecule has 1 aromatic carbocycles. The smallest absolute Gasteiger partial charge is 0.160 e. The number of piperidine rings is 3. The topological polar surface area (TPSA) is 59.0 Å². The highest BCUT2D eigenvalue weighted by molar-refractivity contribution is 5.97. The summed E-state index contributed by atoms with van der Waals surface area (Å²) in [6, 6.07) is 8.01. The van der Waals surface area contributed by atoms with Crippen molar-refractivity contribution in [3.05, 3.63) is 30.5 Å². The van der Waals surface area contributed by atoms with E-state index >= 15 is 0 Å². The van der Waals surface area contributed by atoms with Gasteiger partial charge in [-0.05, 0) is 55.6 Å². The van der Waals surface area contributed by atoms with E-state index in [-0.39, 0.29) is 5.60 Å². The molecule has 0 aliphatic carbocycles. The summed E-state index contributed by atoms with van der Waals surface area (Å²) in [5.41, 5.74) is -0.126. The number of pyridine rings is 1. The number of hydrogen-bond donors (Lipinski definition) is 1. The van der Waals surface area contributed by atoms with E-state index in [4.69, 9.17) is 9.57 Å². The average molecular weight is 338 g/mol. The van der Waals surface area contributed by atoms with E-state index in [2.05, 4.69) is 20.4 Å². The lowest BCUT2D eigenvalue weighted by atomic mass is 9.73. The summed E-state index contributed by atoms with van der Waals surface area (Å²) in [5, 5.41) is 9.89.